The second kappa shape index (κ2) is 7.74. The van der Waals surface area contributed by atoms with Gasteiger partial charge in [-0.1, -0.05) is 11.6 Å². The molecule has 0 spiro atoms. The summed E-state index contributed by atoms with van der Waals surface area (Å²) in [6.07, 6.45) is 0.712. The van der Waals surface area contributed by atoms with Gasteiger partial charge in [0.1, 0.15) is 17.6 Å². The van der Waals surface area contributed by atoms with Gasteiger partial charge >= 0.3 is 0 Å². The van der Waals surface area contributed by atoms with Crippen LogP contribution in [-0.4, -0.2) is 18.1 Å². The van der Waals surface area contributed by atoms with Gasteiger partial charge in [-0.15, -0.1) is 11.3 Å². The van der Waals surface area contributed by atoms with Gasteiger partial charge in [0.05, 0.1) is 25.5 Å². The quantitative estimate of drug-likeness (QED) is 0.680. The first-order chi connectivity index (χ1) is 12.1. The first kappa shape index (κ1) is 17.5. The van der Waals surface area contributed by atoms with Crippen LogP contribution in [0, 0.1) is 0 Å². The van der Waals surface area contributed by atoms with E-state index >= 15 is 0 Å². The van der Waals surface area contributed by atoms with Gasteiger partial charge in [0.2, 0.25) is 0 Å². The minimum atomic E-state index is -0.808. The van der Waals surface area contributed by atoms with E-state index in [1.807, 2.05) is 12.1 Å². The molecule has 0 bridgehead atoms. The molecule has 0 saturated heterocycles. The molecule has 25 heavy (non-hydrogen) atoms. The van der Waals surface area contributed by atoms with E-state index in [-0.39, 0.29) is 5.91 Å². The Bertz CT molecular complexity index is 860. The van der Waals surface area contributed by atoms with Gasteiger partial charge in [0.15, 0.2) is 0 Å². The zero-order chi connectivity index (χ0) is 17.8. The molecule has 0 aliphatic carbocycles. The molecule has 2 heterocycles. The van der Waals surface area contributed by atoms with Crippen LogP contribution in [0.3, 0.4) is 0 Å². The summed E-state index contributed by atoms with van der Waals surface area (Å²) < 4.78 is 10.4. The third-order valence-electron chi connectivity index (χ3n) is 3.59. The molecule has 130 valence electrons. The summed E-state index contributed by atoms with van der Waals surface area (Å²) in [5.74, 6) is 0.670. The predicted octanol–water partition coefficient (Wildman–Crippen LogP) is 4.01. The Morgan fingerprint density at radius 2 is 2.20 bits per heavy atom. The van der Waals surface area contributed by atoms with E-state index in [4.69, 9.17) is 20.8 Å². The lowest BCUT2D eigenvalue weighted by Crippen LogP contribution is -2.22. The van der Waals surface area contributed by atoms with Crippen molar-refractivity contribution in [1.82, 2.24) is 5.32 Å². The first-order valence-electron chi connectivity index (χ1n) is 7.50. The van der Waals surface area contributed by atoms with Gasteiger partial charge in [-0.05, 0) is 42.5 Å². The molecular weight excluding hydrogens is 362 g/mol. The molecule has 0 fully saturated rings. The maximum absolute atomic E-state index is 12.4. The smallest absolute Gasteiger partial charge is 0.255 e. The highest BCUT2D eigenvalue weighted by Gasteiger charge is 2.17. The van der Waals surface area contributed by atoms with Crippen LogP contribution in [0.1, 0.15) is 32.0 Å². The fraction of sp³-hybridized carbons (Fsp3) is 0.167. The number of carbonyl (C=O) groups is 1. The highest BCUT2D eigenvalue weighted by molar-refractivity contribution is 7.12. The SMILES string of the molecule is COc1ccc(Cl)cc1C(=O)NCc1ccc(C(O)c2ccco2)s1. The zero-order valence-corrected chi connectivity index (χ0v) is 14.9. The number of benzene rings is 1. The summed E-state index contributed by atoms with van der Waals surface area (Å²) in [7, 11) is 1.50. The largest absolute Gasteiger partial charge is 0.496 e. The lowest BCUT2D eigenvalue weighted by molar-refractivity contribution is 0.0948. The molecule has 1 aromatic carbocycles. The number of nitrogens with one attached hydrogen (secondary N) is 1. The monoisotopic (exact) mass is 377 g/mol. The van der Waals surface area contributed by atoms with Gasteiger partial charge < -0.3 is 19.6 Å². The number of hydrogen-bond donors (Lipinski definition) is 2. The third-order valence-corrected chi connectivity index (χ3v) is 4.97. The van der Waals surface area contributed by atoms with Gasteiger partial charge in [0, 0.05) is 14.8 Å². The summed E-state index contributed by atoms with van der Waals surface area (Å²) >= 11 is 7.36. The number of halogens is 1. The van der Waals surface area contributed by atoms with Crippen LogP contribution >= 0.6 is 22.9 Å². The van der Waals surface area contributed by atoms with E-state index in [1.54, 1.807) is 30.3 Å². The van der Waals surface area contributed by atoms with Gasteiger partial charge in [-0.3, -0.25) is 4.79 Å². The average molecular weight is 378 g/mol. The topological polar surface area (TPSA) is 71.7 Å². The number of hydrogen-bond acceptors (Lipinski definition) is 5. The van der Waals surface area contributed by atoms with Crippen molar-refractivity contribution in [2.24, 2.45) is 0 Å². The number of methoxy groups -OCH3 is 1. The Labute approximate surface area is 153 Å². The summed E-state index contributed by atoms with van der Waals surface area (Å²) in [5, 5.41) is 13.5. The van der Waals surface area contributed by atoms with Crippen molar-refractivity contribution < 1.29 is 19.1 Å². The highest BCUT2D eigenvalue weighted by atomic mass is 35.5. The maximum atomic E-state index is 12.4. The zero-order valence-electron chi connectivity index (χ0n) is 13.4. The molecule has 7 heteroatoms. The fourth-order valence-corrected chi connectivity index (χ4v) is 3.46. The lowest BCUT2D eigenvalue weighted by Gasteiger charge is -2.09. The molecule has 0 aliphatic heterocycles. The molecule has 0 aliphatic rings. The number of aliphatic hydroxyl groups excluding tert-OH is 1. The van der Waals surface area contributed by atoms with Crippen molar-refractivity contribution in [2.75, 3.05) is 7.11 Å². The van der Waals surface area contributed by atoms with Gasteiger partial charge in [-0.25, -0.2) is 0 Å². The van der Waals surface area contributed by atoms with Crippen molar-refractivity contribution in [3.05, 3.63) is 74.8 Å². The van der Waals surface area contributed by atoms with Crippen LogP contribution in [0.4, 0.5) is 0 Å². The van der Waals surface area contributed by atoms with E-state index in [0.717, 1.165) is 9.75 Å². The van der Waals surface area contributed by atoms with E-state index in [1.165, 1.54) is 24.7 Å². The minimum absolute atomic E-state index is 0.277. The number of thiophene rings is 1. The molecule has 0 radical (unpaired) electrons. The molecule has 2 aromatic heterocycles. The second-order valence-corrected chi connectivity index (χ2v) is 6.89. The number of furan rings is 1. The molecule has 0 saturated carbocycles. The fourth-order valence-electron chi connectivity index (χ4n) is 2.34. The Kier molecular flexibility index (Phi) is 5.43. The molecule has 2 N–H and O–H groups in total. The molecular formula is C18H16ClNO4S. The normalized spacial score (nSPS) is 12.0. The van der Waals surface area contributed by atoms with E-state index in [9.17, 15) is 9.90 Å². The summed E-state index contributed by atoms with van der Waals surface area (Å²) in [5.41, 5.74) is 0.377. The van der Waals surface area contributed by atoms with Crippen LogP contribution in [0.25, 0.3) is 0 Å². The Morgan fingerprint density at radius 3 is 2.92 bits per heavy atom. The van der Waals surface area contributed by atoms with Gasteiger partial charge in [0.25, 0.3) is 5.91 Å². The number of carbonyl (C=O) groups excluding carboxylic acids is 1. The summed E-state index contributed by atoms with van der Waals surface area (Å²) in [6.45, 7) is 0.337. The number of amides is 1. The van der Waals surface area contributed by atoms with Crippen molar-refractivity contribution in [3.8, 4) is 5.75 Å². The van der Waals surface area contributed by atoms with Crippen molar-refractivity contribution in [1.29, 1.82) is 0 Å². The molecule has 1 unspecified atom stereocenters. The Morgan fingerprint density at radius 1 is 1.36 bits per heavy atom. The number of ether oxygens (including phenoxy) is 1. The average Bonchev–Trinajstić information content (AvgIpc) is 3.31. The van der Waals surface area contributed by atoms with Crippen LogP contribution < -0.4 is 10.1 Å². The van der Waals surface area contributed by atoms with Crippen molar-refractivity contribution in [2.45, 2.75) is 12.6 Å². The first-order valence-corrected chi connectivity index (χ1v) is 8.69. The van der Waals surface area contributed by atoms with Gasteiger partial charge in [-0.2, -0.15) is 0 Å². The van der Waals surface area contributed by atoms with E-state index < -0.39 is 6.10 Å². The van der Waals surface area contributed by atoms with Crippen LogP contribution in [0.5, 0.6) is 5.75 Å². The van der Waals surface area contributed by atoms with Crippen molar-refractivity contribution >= 4 is 28.8 Å². The molecule has 5 nitrogen and oxygen atoms in total. The van der Waals surface area contributed by atoms with Crippen LogP contribution in [0.2, 0.25) is 5.02 Å². The Balaban J connectivity index is 1.66. The maximum Gasteiger partial charge on any atom is 0.255 e. The summed E-state index contributed by atoms with van der Waals surface area (Å²) in [6, 6.07) is 12.0. The third kappa shape index (κ3) is 4.04. The minimum Gasteiger partial charge on any atom is -0.496 e. The van der Waals surface area contributed by atoms with Crippen LogP contribution in [-0.2, 0) is 6.54 Å². The Hall–Kier alpha value is -2.28. The highest BCUT2D eigenvalue weighted by Crippen LogP contribution is 2.29. The lowest BCUT2D eigenvalue weighted by atomic mass is 10.2. The molecule has 1 atom stereocenters. The van der Waals surface area contributed by atoms with E-state index in [2.05, 4.69) is 5.32 Å². The molecule has 3 rings (SSSR count). The van der Waals surface area contributed by atoms with Crippen LogP contribution in [0.15, 0.2) is 53.1 Å². The second-order valence-electron chi connectivity index (χ2n) is 5.25. The number of aliphatic hydroxyl groups is 1. The number of rotatable bonds is 6. The molecule has 3 aromatic rings. The molecule has 1 amide bonds. The van der Waals surface area contributed by atoms with E-state index in [0.29, 0.717) is 28.6 Å². The summed E-state index contributed by atoms with van der Waals surface area (Å²) in [4.78, 5) is 14.0. The standard InChI is InChI=1S/C18H16ClNO4S/c1-23-14-6-4-11(19)9-13(14)18(22)20-10-12-5-7-16(25-12)17(21)15-3-2-8-24-15/h2-9,17,21H,10H2,1H3,(H,20,22). The van der Waals surface area contributed by atoms with Crippen molar-refractivity contribution in [3.63, 3.8) is 0 Å². The predicted molar refractivity (Wildman–Crippen MR) is 96.3 cm³/mol.